The number of carbonyl (C=O) groups excluding carboxylic acids is 1. The van der Waals surface area contributed by atoms with Gasteiger partial charge in [0, 0.05) is 60.3 Å². The van der Waals surface area contributed by atoms with Gasteiger partial charge in [-0.15, -0.1) is 0 Å². The average molecular weight is 725 g/mol. The smallest absolute Gasteiger partial charge is 0.410 e. The molecular weight excluding hydrogens is 672 g/mol. The maximum atomic E-state index is 12.9. The lowest BCUT2D eigenvalue weighted by Crippen LogP contribution is -2.48. The lowest BCUT2D eigenvalue weighted by molar-refractivity contribution is 0.0498. The quantitative estimate of drug-likeness (QED) is 0.0455. The second kappa shape index (κ2) is 17.3. The minimum absolute atomic E-state index is 0.220. The Labute approximate surface area is 311 Å². The largest absolute Gasteiger partial charge is 0.497 e. The number of hydrogen-bond donors (Lipinski definition) is 4. The number of nitrogens with two attached hydrogens (primary N) is 1. The topological polar surface area (TPSA) is 162 Å². The van der Waals surface area contributed by atoms with E-state index in [9.17, 15) is 9.90 Å². The van der Waals surface area contributed by atoms with Crippen LogP contribution in [-0.2, 0) is 11.3 Å². The molecule has 0 saturated heterocycles. The number of methoxy groups -OCH3 is 2. The standard InChI is InChI=1S/C40H52N8O5/c1-26(2)53-39(50)48(40(3,4)5)19-17-42-34-21-29(51-6)22-36(52-7)38(34)27-15-16-32-33(20-27)45-35(24-43-32)28-23-44-47(25-28)18-11-10-14-37(49)46-31-13-9-8-12-30(31)41/h8-9,12-13,15-16,20-26,37,42,46,49H,10-11,14,17-19,41H2,1-7H3. The predicted octanol–water partition coefficient (Wildman–Crippen LogP) is 7.42. The molecule has 53 heavy (non-hydrogen) atoms. The molecule has 1 atom stereocenters. The molecule has 0 bridgehead atoms. The number of ether oxygens (including phenoxy) is 3. The summed E-state index contributed by atoms with van der Waals surface area (Å²) in [5, 5.41) is 21.5. The van der Waals surface area contributed by atoms with Crippen molar-refractivity contribution in [3.05, 3.63) is 73.2 Å². The highest BCUT2D eigenvalue weighted by Gasteiger charge is 2.28. The average Bonchev–Trinajstić information content (AvgIpc) is 3.60. The van der Waals surface area contributed by atoms with E-state index in [1.807, 2.05) is 94.0 Å². The van der Waals surface area contributed by atoms with Crippen molar-refractivity contribution in [3.8, 4) is 33.9 Å². The summed E-state index contributed by atoms with van der Waals surface area (Å²) in [7, 11) is 3.24. The van der Waals surface area contributed by atoms with Gasteiger partial charge in [-0.1, -0.05) is 18.2 Å². The first-order valence-electron chi connectivity index (χ1n) is 17.9. The summed E-state index contributed by atoms with van der Waals surface area (Å²) in [5.41, 5.74) is 12.4. The molecule has 0 spiro atoms. The number of hydrogen-bond acceptors (Lipinski definition) is 11. The Morgan fingerprint density at radius 2 is 1.77 bits per heavy atom. The van der Waals surface area contributed by atoms with Crippen LogP contribution in [-0.4, -0.2) is 81.0 Å². The third-order valence-corrected chi connectivity index (χ3v) is 8.71. The van der Waals surface area contributed by atoms with Crippen LogP contribution in [0.2, 0.25) is 0 Å². The number of anilines is 3. The number of aliphatic hydroxyl groups excluding tert-OH is 1. The number of benzene rings is 3. The van der Waals surface area contributed by atoms with E-state index in [4.69, 9.17) is 29.9 Å². The molecular formula is C40H52N8O5. The molecule has 13 heteroatoms. The van der Waals surface area contributed by atoms with E-state index < -0.39 is 11.8 Å². The lowest BCUT2D eigenvalue weighted by Gasteiger charge is -2.35. The highest BCUT2D eigenvalue weighted by atomic mass is 16.6. The van der Waals surface area contributed by atoms with Crippen LogP contribution in [0, 0.1) is 0 Å². The van der Waals surface area contributed by atoms with E-state index in [0.29, 0.717) is 54.5 Å². The Balaban J connectivity index is 1.30. The van der Waals surface area contributed by atoms with Crippen molar-refractivity contribution in [2.45, 2.75) is 78.3 Å². The van der Waals surface area contributed by atoms with Crippen LogP contribution in [0.3, 0.4) is 0 Å². The summed E-state index contributed by atoms with van der Waals surface area (Å²) in [5.74, 6) is 1.25. The number of rotatable bonds is 16. The van der Waals surface area contributed by atoms with Crippen LogP contribution in [0.25, 0.3) is 33.4 Å². The Hall–Kier alpha value is -5.56. The molecule has 5 N–H and O–H groups in total. The van der Waals surface area contributed by atoms with Crippen LogP contribution in [0.4, 0.5) is 21.9 Å². The fraction of sp³-hybridized carbons (Fsp3) is 0.400. The first kappa shape index (κ1) is 38.7. The molecule has 3 aromatic carbocycles. The molecule has 0 fully saturated rings. The molecule has 0 radical (unpaired) electrons. The molecule has 0 aliphatic heterocycles. The molecule has 0 saturated carbocycles. The van der Waals surface area contributed by atoms with Crippen molar-refractivity contribution >= 4 is 34.2 Å². The summed E-state index contributed by atoms with van der Waals surface area (Å²) in [6, 6.07) is 17.1. The van der Waals surface area contributed by atoms with Crippen LogP contribution >= 0.6 is 0 Å². The zero-order chi connectivity index (χ0) is 38.1. The lowest BCUT2D eigenvalue weighted by atomic mass is 10.0. The van der Waals surface area contributed by atoms with Gasteiger partial charge in [0.15, 0.2) is 0 Å². The number of para-hydroxylation sites is 2. The number of aliphatic hydroxyl groups is 1. The van der Waals surface area contributed by atoms with Gasteiger partial charge in [0.2, 0.25) is 0 Å². The molecule has 2 aromatic heterocycles. The van der Waals surface area contributed by atoms with Gasteiger partial charge in [0.1, 0.15) is 17.7 Å². The number of fused-ring (bicyclic) bond motifs is 1. The molecule has 1 unspecified atom stereocenters. The van der Waals surface area contributed by atoms with Crippen molar-refractivity contribution in [1.82, 2.24) is 24.6 Å². The van der Waals surface area contributed by atoms with E-state index in [-0.39, 0.29) is 12.2 Å². The number of carbonyl (C=O) groups is 1. The first-order valence-corrected chi connectivity index (χ1v) is 17.9. The Morgan fingerprint density at radius 1 is 0.981 bits per heavy atom. The maximum absolute atomic E-state index is 12.9. The highest BCUT2D eigenvalue weighted by Crippen LogP contribution is 2.41. The van der Waals surface area contributed by atoms with Gasteiger partial charge in [-0.3, -0.25) is 9.67 Å². The third kappa shape index (κ3) is 10.1. The van der Waals surface area contributed by atoms with Gasteiger partial charge in [0.05, 0.1) is 60.8 Å². The van der Waals surface area contributed by atoms with Crippen molar-refractivity contribution < 1.29 is 24.1 Å². The van der Waals surface area contributed by atoms with Crippen molar-refractivity contribution in [2.75, 3.05) is 43.7 Å². The van der Waals surface area contributed by atoms with Crippen LogP contribution in [0.15, 0.2) is 73.2 Å². The summed E-state index contributed by atoms with van der Waals surface area (Å²) >= 11 is 0. The van der Waals surface area contributed by atoms with E-state index in [1.165, 1.54) is 0 Å². The summed E-state index contributed by atoms with van der Waals surface area (Å²) in [6.45, 7) is 11.2. The molecule has 1 amide bonds. The van der Waals surface area contributed by atoms with Crippen molar-refractivity contribution in [3.63, 3.8) is 0 Å². The number of nitrogens with one attached hydrogen (secondary N) is 2. The van der Waals surface area contributed by atoms with Gasteiger partial charge in [-0.25, -0.2) is 9.78 Å². The van der Waals surface area contributed by atoms with E-state index >= 15 is 0 Å². The molecule has 0 aliphatic rings. The highest BCUT2D eigenvalue weighted by molar-refractivity contribution is 5.90. The van der Waals surface area contributed by atoms with Gasteiger partial charge in [-0.05, 0) is 83.7 Å². The minimum atomic E-state index is -0.686. The van der Waals surface area contributed by atoms with Gasteiger partial charge in [0.25, 0.3) is 0 Å². The fourth-order valence-corrected chi connectivity index (χ4v) is 5.99. The SMILES string of the molecule is COc1cc(NCCN(C(=O)OC(C)C)C(C)(C)C)c(-c2ccc3ncc(-c4cnn(CCCCC(O)Nc5ccccc5N)c4)nc3c2)c(OC)c1. The van der Waals surface area contributed by atoms with Crippen LogP contribution < -0.4 is 25.8 Å². The number of aromatic nitrogens is 4. The van der Waals surface area contributed by atoms with Gasteiger partial charge in [-0.2, -0.15) is 5.10 Å². The number of unbranched alkanes of at least 4 members (excludes halogenated alkanes) is 1. The normalized spacial score (nSPS) is 12.1. The zero-order valence-electron chi connectivity index (χ0n) is 31.7. The summed E-state index contributed by atoms with van der Waals surface area (Å²) < 4.78 is 18.9. The molecule has 2 heterocycles. The Kier molecular flexibility index (Phi) is 12.6. The molecule has 282 valence electrons. The number of nitrogens with zero attached hydrogens (tertiary/aromatic N) is 5. The molecule has 5 aromatic rings. The monoisotopic (exact) mass is 724 g/mol. The summed E-state index contributed by atoms with van der Waals surface area (Å²) in [6.07, 6.45) is 6.48. The second-order valence-corrected chi connectivity index (χ2v) is 14.1. The second-order valence-electron chi connectivity index (χ2n) is 14.1. The zero-order valence-corrected chi connectivity index (χ0v) is 31.7. The molecule has 5 rings (SSSR count). The summed E-state index contributed by atoms with van der Waals surface area (Å²) in [4.78, 5) is 24.3. The maximum Gasteiger partial charge on any atom is 0.410 e. The number of amides is 1. The predicted molar refractivity (Wildman–Crippen MR) is 210 cm³/mol. The molecule has 13 nitrogen and oxygen atoms in total. The van der Waals surface area contributed by atoms with E-state index in [0.717, 1.165) is 46.4 Å². The van der Waals surface area contributed by atoms with Crippen molar-refractivity contribution in [1.29, 1.82) is 0 Å². The van der Waals surface area contributed by atoms with E-state index in [1.54, 1.807) is 37.6 Å². The number of aryl methyl sites for hydroxylation is 1. The Morgan fingerprint density at radius 3 is 2.49 bits per heavy atom. The van der Waals surface area contributed by atoms with Gasteiger partial charge < -0.3 is 40.6 Å². The molecule has 0 aliphatic carbocycles. The van der Waals surface area contributed by atoms with Gasteiger partial charge >= 0.3 is 6.09 Å². The first-order chi connectivity index (χ1) is 25.4. The van der Waals surface area contributed by atoms with Crippen LogP contribution in [0.1, 0.15) is 53.9 Å². The fourth-order valence-electron chi connectivity index (χ4n) is 5.99. The third-order valence-electron chi connectivity index (χ3n) is 8.71. The van der Waals surface area contributed by atoms with E-state index in [2.05, 4.69) is 15.7 Å². The number of nitrogen functional groups attached to an aromatic ring is 1. The van der Waals surface area contributed by atoms with Crippen molar-refractivity contribution in [2.24, 2.45) is 0 Å². The minimum Gasteiger partial charge on any atom is -0.497 e. The Bertz CT molecular complexity index is 1990. The van der Waals surface area contributed by atoms with Crippen LogP contribution in [0.5, 0.6) is 11.5 Å².